The summed E-state index contributed by atoms with van der Waals surface area (Å²) in [5.41, 5.74) is 0. The van der Waals surface area contributed by atoms with Gasteiger partial charge in [-0.05, 0) is 11.8 Å². The molecule has 0 aromatic heterocycles. The summed E-state index contributed by atoms with van der Waals surface area (Å²) in [5, 5.41) is 0. The maximum absolute atomic E-state index is 2.37. The van der Waals surface area contributed by atoms with Crippen LogP contribution in [-0.4, -0.2) is 11.0 Å². The molecule has 14 heavy (non-hydrogen) atoms. The van der Waals surface area contributed by atoms with E-state index in [1.165, 1.54) is 38.5 Å². The molecule has 1 rings (SSSR count). The smallest absolute Gasteiger partial charge is 0.0443 e. The summed E-state index contributed by atoms with van der Waals surface area (Å²) in [5.74, 6) is 2.04. The Hall–Kier alpha value is -0.0800. The van der Waals surface area contributed by atoms with E-state index in [1.807, 2.05) is 0 Å². The van der Waals surface area contributed by atoms with Crippen LogP contribution in [0.2, 0.25) is 0 Å². The minimum atomic E-state index is 0. The topological polar surface area (TPSA) is 63.0 Å². The number of hydrogen-bond donors (Lipinski definition) is 0. The molecular weight excluding hydrogens is 176 g/mol. The maximum Gasteiger partial charge on any atom is -0.0443 e. The monoisotopic (exact) mass is 206 g/mol. The van der Waals surface area contributed by atoms with E-state index in [1.54, 1.807) is 0 Å². The van der Waals surface area contributed by atoms with Crippen LogP contribution in [0.15, 0.2) is 0 Å². The highest BCUT2D eigenvalue weighted by atomic mass is 16.0. The molecule has 2 nitrogen and oxygen atoms in total. The van der Waals surface area contributed by atoms with Crippen molar-refractivity contribution >= 4 is 0 Å². The van der Waals surface area contributed by atoms with Gasteiger partial charge in [-0.25, -0.2) is 0 Å². The van der Waals surface area contributed by atoms with Crippen LogP contribution < -0.4 is 0 Å². The Bertz CT molecular complexity index is 74.3. The number of hydrogen-bond acceptors (Lipinski definition) is 0. The molecule has 1 aliphatic rings. The third-order valence-corrected chi connectivity index (χ3v) is 2.80. The summed E-state index contributed by atoms with van der Waals surface area (Å²) in [4.78, 5) is 0. The lowest BCUT2D eigenvalue weighted by atomic mass is 9.84. The van der Waals surface area contributed by atoms with Gasteiger partial charge in [0.15, 0.2) is 0 Å². The molecule has 1 aliphatic carbocycles. The third kappa shape index (κ3) is 11.9. The average Bonchev–Trinajstić information content (AvgIpc) is 2.11. The van der Waals surface area contributed by atoms with Gasteiger partial charge in [0.05, 0.1) is 0 Å². The number of unbranched alkanes of at least 4 members (excludes halogenated alkanes) is 1. The molecule has 1 fully saturated rings. The van der Waals surface area contributed by atoms with Crippen molar-refractivity contribution in [1.82, 2.24) is 0 Å². The Morgan fingerprint density at radius 3 is 1.07 bits per heavy atom. The first-order chi connectivity index (χ1) is 5.70. The molecule has 90 valence electrons. The summed E-state index contributed by atoms with van der Waals surface area (Å²) in [6.45, 7) is 9.09. The fourth-order valence-corrected chi connectivity index (χ4v) is 1.43. The van der Waals surface area contributed by atoms with Crippen molar-refractivity contribution in [2.75, 3.05) is 0 Å². The van der Waals surface area contributed by atoms with Crippen LogP contribution in [0, 0.1) is 11.8 Å². The minimum absolute atomic E-state index is 0. The first-order valence-electron chi connectivity index (χ1n) is 5.70. The fourth-order valence-electron chi connectivity index (χ4n) is 1.43. The van der Waals surface area contributed by atoms with E-state index < -0.39 is 0 Å². The molecular formula is C12H30O2. The van der Waals surface area contributed by atoms with Gasteiger partial charge in [-0.15, -0.1) is 0 Å². The molecule has 1 saturated carbocycles. The van der Waals surface area contributed by atoms with Crippen molar-refractivity contribution in [3.05, 3.63) is 0 Å². The summed E-state index contributed by atoms with van der Waals surface area (Å²) >= 11 is 0. The first kappa shape index (κ1) is 19.5. The lowest BCUT2D eigenvalue weighted by molar-refractivity contribution is 0.308. The van der Waals surface area contributed by atoms with Crippen LogP contribution in [0.4, 0.5) is 0 Å². The largest absolute Gasteiger partial charge is 0.412 e. The van der Waals surface area contributed by atoms with Crippen molar-refractivity contribution in [2.45, 2.75) is 66.2 Å². The Kier molecular flexibility index (Phi) is 18.0. The van der Waals surface area contributed by atoms with Gasteiger partial charge in [0.1, 0.15) is 0 Å². The molecule has 4 N–H and O–H groups in total. The van der Waals surface area contributed by atoms with Crippen LogP contribution in [-0.2, 0) is 0 Å². The standard InChI is InChI=1S/C8H16.C4H10.2H2O/c1-7-3-5-8(2)6-4-7;1-3-4-2;;/h7-8H,3-6H2,1-2H3;3-4H2,1-2H3;2*1H2. The Labute approximate surface area is 89.7 Å². The van der Waals surface area contributed by atoms with Gasteiger partial charge in [-0.3, -0.25) is 0 Å². The van der Waals surface area contributed by atoms with E-state index >= 15 is 0 Å². The highest BCUT2D eigenvalue weighted by Gasteiger charge is 2.13. The molecule has 0 unspecified atom stereocenters. The molecule has 0 aliphatic heterocycles. The first-order valence-corrected chi connectivity index (χ1v) is 5.70. The van der Waals surface area contributed by atoms with Gasteiger partial charge in [0.25, 0.3) is 0 Å². The van der Waals surface area contributed by atoms with Gasteiger partial charge < -0.3 is 11.0 Å². The molecule has 0 radical (unpaired) electrons. The van der Waals surface area contributed by atoms with Gasteiger partial charge in [0.2, 0.25) is 0 Å². The second kappa shape index (κ2) is 12.9. The highest BCUT2D eigenvalue weighted by molar-refractivity contribution is 4.65. The molecule has 0 heterocycles. The maximum atomic E-state index is 2.37. The van der Waals surface area contributed by atoms with Crippen molar-refractivity contribution in [3.63, 3.8) is 0 Å². The Morgan fingerprint density at radius 1 is 0.714 bits per heavy atom. The van der Waals surface area contributed by atoms with Crippen molar-refractivity contribution in [1.29, 1.82) is 0 Å². The lowest BCUT2D eigenvalue weighted by Gasteiger charge is -2.22. The minimum Gasteiger partial charge on any atom is -0.412 e. The predicted molar refractivity (Wildman–Crippen MR) is 64.6 cm³/mol. The summed E-state index contributed by atoms with van der Waals surface area (Å²) in [7, 11) is 0. The van der Waals surface area contributed by atoms with E-state index in [9.17, 15) is 0 Å². The molecule has 0 saturated heterocycles. The molecule has 0 bridgehead atoms. The summed E-state index contributed by atoms with van der Waals surface area (Å²) in [6.07, 6.45) is 8.53. The molecule has 0 amide bonds. The predicted octanol–water partition coefficient (Wildman–Crippen LogP) is 2.99. The van der Waals surface area contributed by atoms with E-state index in [0.717, 1.165) is 11.8 Å². The van der Waals surface area contributed by atoms with Crippen molar-refractivity contribution < 1.29 is 11.0 Å². The molecule has 0 aromatic carbocycles. The quantitative estimate of drug-likeness (QED) is 0.633. The molecule has 0 spiro atoms. The van der Waals surface area contributed by atoms with Crippen LogP contribution in [0.25, 0.3) is 0 Å². The second-order valence-electron chi connectivity index (χ2n) is 4.37. The zero-order valence-corrected chi connectivity index (χ0v) is 10.4. The zero-order valence-electron chi connectivity index (χ0n) is 10.4. The molecule has 0 atom stereocenters. The van der Waals surface area contributed by atoms with Crippen LogP contribution in [0.3, 0.4) is 0 Å². The van der Waals surface area contributed by atoms with Gasteiger partial charge in [-0.1, -0.05) is 66.2 Å². The SMILES string of the molecule is CC1CCC(C)CC1.CCCC.O.O. The zero-order chi connectivity index (χ0) is 9.40. The second-order valence-corrected chi connectivity index (χ2v) is 4.37. The van der Waals surface area contributed by atoms with E-state index in [4.69, 9.17) is 0 Å². The van der Waals surface area contributed by atoms with E-state index in [0.29, 0.717) is 0 Å². The van der Waals surface area contributed by atoms with Gasteiger partial charge in [0, 0.05) is 0 Å². The fraction of sp³-hybridized carbons (Fsp3) is 1.00. The Morgan fingerprint density at radius 2 is 0.929 bits per heavy atom. The molecule has 0 aromatic rings. The molecule has 2 heteroatoms. The lowest BCUT2D eigenvalue weighted by Crippen LogP contribution is -2.08. The third-order valence-electron chi connectivity index (χ3n) is 2.80. The van der Waals surface area contributed by atoms with E-state index in [2.05, 4.69) is 27.7 Å². The van der Waals surface area contributed by atoms with Crippen LogP contribution in [0.1, 0.15) is 66.2 Å². The Balaban J connectivity index is -0.000000180. The van der Waals surface area contributed by atoms with Crippen molar-refractivity contribution in [2.24, 2.45) is 11.8 Å². The van der Waals surface area contributed by atoms with Crippen molar-refractivity contribution in [3.8, 4) is 0 Å². The van der Waals surface area contributed by atoms with Gasteiger partial charge >= 0.3 is 0 Å². The highest BCUT2D eigenvalue weighted by Crippen LogP contribution is 2.27. The number of rotatable bonds is 1. The van der Waals surface area contributed by atoms with Crippen LogP contribution in [0.5, 0.6) is 0 Å². The summed E-state index contributed by atoms with van der Waals surface area (Å²) in [6, 6.07) is 0. The normalized spacial score (nSPS) is 24.9. The van der Waals surface area contributed by atoms with Gasteiger partial charge in [-0.2, -0.15) is 0 Å². The summed E-state index contributed by atoms with van der Waals surface area (Å²) < 4.78 is 0. The van der Waals surface area contributed by atoms with Crippen LogP contribution >= 0.6 is 0 Å². The van der Waals surface area contributed by atoms with E-state index in [-0.39, 0.29) is 11.0 Å². The average molecular weight is 206 g/mol.